The molecule has 3 aromatic carbocycles. The minimum Gasteiger partial charge on any atom is -0.484 e. The van der Waals surface area contributed by atoms with E-state index in [4.69, 9.17) is 4.74 Å². The lowest BCUT2D eigenvalue weighted by molar-refractivity contribution is -0.123. The van der Waals surface area contributed by atoms with Gasteiger partial charge >= 0.3 is 0 Å². The quantitative estimate of drug-likeness (QED) is 0.271. The summed E-state index contributed by atoms with van der Waals surface area (Å²) in [6.07, 6.45) is 0. The minimum absolute atomic E-state index is 0.0588. The Hall–Kier alpha value is -3.70. The number of para-hydroxylation sites is 1. The molecule has 0 bridgehead atoms. The molecule has 4 rings (SSSR count). The van der Waals surface area contributed by atoms with Crippen LogP contribution in [0.2, 0.25) is 0 Å². The molecule has 0 aliphatic rings. The smallest absolute Gasteiger partial charge is 0.258 e. The lowest BCUT2D eigenvalue weighted by Gasteiger charge is -2.12. The van der Waals surface area contributed by atoms with Crippen LogP contribution in [0.5, 0.6) is 5.75 Å². The fourth-order valence-corrected chi connectivity index (χ4v) is 4.15. The second-order valence-electron chi connectivity index (χ2n) is 7.43. The summed E-state index contributed by atoms with van der Waals surface area (Å²) in [6, 6.07) is 22.1. The zero-order valence-electron chi connectivity index (χ0n) is 18.9. The molecule has 2 amide bonds. The van der Waals surface area contributed by atoms with Gasteiger partial charge in [0.25, 0.3) is 5.91 Å². The first-order valence-corrected chi connectivity index (χ1v) is 12.6. The molecular weight excluding hydrogens is 549 g/mol. The average molecular weight is 570 g/mol. The molecule has 4 aromatic rings. The van der Waals surface area contributed by atoms with E-state index in [-0.39, 0.29) is 36.5 Å². The molecule has 0 spiro atoms. The normalized spacial score (nSPS) is 10.6. The maximum absolute atomic E-state index is 13.1. The highest BCUT2D eigenvalue weighted by Crippen LogP contribution is 2.24. The highest BCUT2D eigenvalue weighted by molar-refractivity contribution is 9.10. The number of ether oxygens (including phenoxy) is 1. The van der Waals surface area contributed by atoms with Crippen molar-refractivity contribution in [3.8, 4) is 11.4 Å². The number of amides is 2. The average Bonchev–Trinajstić information content (AvgIpc) is 3.30. The first-order chi connectivity index (χ1) is 17.5. The molecule has 0 unspecified atom stereocenters. The number of rotatable bonds is 10. The third kappa shape index (κ3) is 7.15. The zero-order chi connectivity index (χ0) is 25.3. The number of benzene rings is 3. The van der Waals surface area contributed by atoms with E-state index in [1.54, 1.807) is 16.7 Å². The predicted octanol–water partition coefficient (Wildman–Crippen LogP) is 4.59. The van der Waals surface area contributed by atoms with Crippen LogP contribution < -0.4 is 15.4 Å². The van der Waals surface area contributed by atoms with E-state index in [0.717, 1.165) is 10.2 Å². The van der Waals surface area contributed by atoms with E-state index in [0.29, 0.717) is 22.4 Å². The topological polar surface area (TPSA) is 98.1 Å². The summed E-state index contributed by atoms with van der Waals surface area (Å²) in [5.74, 6) is 0.192. The second-order valence-corrected chi connectivity index (χ2v) is 9.29. The van der Waals surface area contributed by atoms with E-state index in [2.05, 4.69) is 36.8 Å². The van der Waals surface area contributed by atoms with Crippen LogP contribution >= 0.6 is 27.7 Å². The number of nitrogens with zero attached hydrogens (tertiary/aromatic N) is 3. The SMILES string of the molecule is O=C(COc1ccccc1)NCc1nnc(SCC(=O)Nc2ccc(F)cc2)n1-c1ccc(Br)cc1. The molecule has 0 saturated heterocycles. The van der Waals surface area contributed by atoms with Gasteiger partial charge in [-0.1, -0.05) is 45.9 Å². The molecular formula is C25H21BrFN5O3S. The van der Waals surface area contributed by atoms with Crippen molar-refractivity contribution < 1.29 is 18.7 Å². The molecule has 1 aromatic heterocycles. The lowest BCUT2D eigenvalue weighted by Crippen LogP contribution is -2.29. The van der Waals surface area contributed by atoms with Gasteiger partial charge in [0, 0.05) is 15.8 Å². The molecule has 0 aliphatic carbocycles. The van der Waals surface area contributed by atoms with Gasteiger partial charge in [0.2, 0.25) is 5.91 Å². The van der Waals surface area contributed by atoms with Gasteiger partial charge in [-0.05, 0) is 60.7 Å². The van der Waals surface area contributed by atoms with Gasteiger partial charge in [-0.3, -0.25) is 14.2 Å². The molecule has 8 nitrogen and oxygen atoms in total. The summed E-state index contributed by atoms with van der Waals surface area (Å²) in [7, 11) is 0. The Kier molecular flexibility index (Phi) is 8.69. The van der Waals surface area contributed by atoms with Crippen LogP contribution in [0.25, 0.3) is 5.69 Å². The highest BCUT2D eigenvalue weighted by atomic mass is 79.9. The van der Waals surface area contributed by atoms with Gasteiger partial charge in [-0.2, -0.15) is 0 Å². The van der Waals surface area contributed by atoms with E-state index < -0.39 is 0 Å². The number of hydrogen-bond donors (Lipinski definition) is 2. The Morgan fingerprint density at radius 1 is 0.944 bits per heavy atom. The van der Waals surface area contributed by atoms with Crippen molar-refractivity contribution >= 4 is 45.2 Å². The summed E-state index contributed by atoms with van der Waals surface area (Å²) in [5, 5.41) is 14.5. The fraction of sp³-hybridized carbons (Fsp3) is 0.120. The Bertz CT molecular complexity index is 1320. The van der Waals surface area contributed by atoms with Crippen molar-refractivity contribution in [3.05, 3.63) is 95.0 Å². The summed E-state index contributed by atoms with van der Waals surface area (Å²) >= 11 is 4.62. The van der Waals surface area contributed by atoms with Crippen LogP contribution in [0, 0.1) is 5.82 Å². The molecule has 184 valence electrons. The van der Waals surface area contributed by atoms with E-state index in [1.165, 1.54) is 36.0 Å². The first-order valence-electron chi connectivity index (χ1n) is 10.8. The van der Waals surface area contributed by atoms with Gasteiger partial charge in [0.15, 0.2) is 17.6 Å². The first kappa shape index (κ1) is 25.4. The number of halogens is 2. The molecule has 2 N–H and O–H groups in total. The van der Waals surface area contributed by atoms with Crippen LogP contribution in [0.1, 0.15) is 5.82 Å². The number of carbonyl (C=O) groups excluding carboxylic acids is 2. The maximum Gasteiger partial charge on any atom is 0.258 e. The third-order valence-electron chi connectivity index (χ3n) is 4.80. The summed E-state index contributed by atoms with van der Waals surface area (Å²) in [4.78, 5) is 24.7. The largest absolute Gasteiger partial charge is 0.484 e. The van der Waals surface area contributed by atoms with Crippen molar-refractivity contribution in [2.24, 2.45) is 0 Å². The van der Waals surface area contributed by atoms with Crippen LogP contribution in [-0.4, -0.2) is 38.9 Å². The monoisotopic (exact) mass is 569 g/mol. The van der Waals surface area contributed by atoms with Crippen molar-refractivity contribution in [1.82, 2.24) is 20.1 Å². The molecule has 0 atom stereocenters. The van der Waals surface area contributed by atoms with Gasteiger partial charge < -0.3 is 15.4 Å². The van der Waals surface area contributed by atoms with Crippen molar-refractivity contribution in [2.75, 3.05) is 17.7 Å². The number of hydrogen-bond acceptors (Lipinski definition) is 6. The molecule has 0 saturated carbocycles. The Labute approximate surface area is 219 Å². The van der Waals surface area contributed by atoms with Crippen LogP contribution in [-0.2, 0) is 16.1 Å². The summed E-state index contributed by atoms with van der Waals surface area (Å²) in [6.45, 7) is -0.0238. The van der Waals surface area contributed by atoms with Gasteiger partial charge in [-0.15, -0.1) is 10.2 Å². The van der Waals surface area contributed by atoms with Gasteiger partial charge in [-0.25, -0.2) is 4.39 Å². The van der Waals surface area contributed by atoms with Crippen LogP contribution in [0.4, 0.5) is 10.1 Å². The summed E-state index contributed by atoms with van der Waals surface area (Å²) in [5.41, 5.74) is 1.27. The van der Waals surface area contributed by atoms with Crippen molar-refractivity contribution in [1.29, 1.82) is 0 Å². The second kappa shape index (κ2) is 12.3. The fourth-order valence-electron chi connectivity index (χ4n) is 3.11. The number of nitrogens with one attached hydrogen (secondary N) is 2. The van der Waals surface area contributed by atoms with Crippen LogP contribution in [0.15, 0.2) is 88.5 Å². The molecule has 0 fully saturated rings. The number of anilines is 1. The van der Waals surface area contributed by atoms with E-state index in [9.17, 15) is 14.0 Å². The molecule has 0 aliphatic heterocycles. The lowest BCUT2D eigenvalue weighted by atomic mass is 10.3. The Balaban J connectivity index is 1.42. The molecule has 36 heavy (non-hydrogen) atoms. The molecule has 11 heteroatoms. The number of thioether (sulfide) groups is 1. The minimum atomic E-state index is -0.378. The van der Waals surface area contributed by atoms with E-state index >= 15 is 0 Å². The molecule has 1 heterocycles. The van der Waals surface area contributed by atoms with Crippen molar-refractivity contribution in [2.45, 2.75) is 11.7 Å². The van der Waals surface area contributed by atoms with E-state index in [1.807, 2.05) is 42.5 Å². The van der Waals surface area contributed by atoms with Crippen molar-refractivity contribution in [3.63, 3.8) is 0 Å². The zero-order valence-corrected chi connectivity index (χ0v) is 21.3. The molecule has 0 radical (unpaired) electrons. The highest BCUT2D eigenvalue weighted by Gasteiger charge is 2.17. The van der Waals surface area contributed by atoms with Gasteiger partial charge in [0.05, 0.1) is 12.3 Å². The standard InChI is InChI=1S/C25H21BrFN5O3S/c26-17-6-12-20(13-7-17)32-22(14-28-23(33)15-35-21-4-2-1-3-5-21)30-31-25(32)36-16-24(34)29-19-10-8-18(27)9-11-19/h1-13H,14-16H2,(H,28,33)(H,29,34). The maximum atomic E-state index is 13.1. The van der Waals surface area contributed by atoms with Crippen LogP contribution in [0.3, 0.4) is 0 Å². The predicted molar refractivity (Wildman–Crippen MR) is 139 cm³/mol. The Morgan fingerprint density at radius 2 is 1.67 bits per heavy atom. The Morgan fingerprint density at radius 3 is 2.39 bits per heavy atom. The van der Waals surface area contributed by atoms with Gasteiger partial charge in [0.1, 0.15) is 11.6 Å². The number of aromatic nitrogens is 3. The summed E-state index contributed by atoms with van der Waals surface area (Å²) < 4.78 is 21.3. The number of carbonyl (C=O) groups is 2. The third-order valence-corrected chi connectivity index (χ3v) is 6.26.